The highest BCUT2D eigenvalue weighted by Crippen LogP contribution is 2.44. The van der Waals surface area contributed by atoms with Crippen molar-refractivity contribution in [3.63, 3.8) is 0 Å². The Bertz CT molecular complexity index is 1010. The van der Waals surface area contributed by atoms with Crippen LogP contribution in [0.3, 0.4) is 0 Å². The zero-order valence-corrected chi connectivity index (χ0v) is 19.0. The van der Waals surface area contributed by atoms with Gasteiger partial charge in [0.15, 0.2) is 0 Å². The van der Waals surface area contributed by atoms with Gasteiger partial charge in [-0.3, -0.25) is 9.59 Å². The fraction of sp³-hybridized carbons (Fsp3) is 0.423. The highest BCUT2D eigenvalue weighted by Gasteiger charge is 2.33. The lowest BCUT2D eigenvalue weighted by Crippen LogP contribution is -2.49. The van der Waals surface area contributed by atoms with Crippen LogP contribution in [-0.2, 0) is 14.3 Å². The molecule has 2 aliphatic rings. The highest BCUT2D eigenvalue weighted by atomic mass is 16.5. The summed E-state index contributed by atoms with van der Waals surface area (Å²) in [6.45, 7) is 4.49. The lowest BCUT2D eigenvalue weighted by molar-refractivity contribution is -0.146. The van der Waals surface area contributed by atoms with E-state index in [0.29, 0.717) is 19.4 Å². The van der Waals surface area contributed by atoms with Crippen LogP contribution in [-0.4, -0.2) is 53.7 Å². The third-order valence-electron chi connectivity index (χ3n) is 6.91. The molecule has 7 heteroatoms. The predicted octanol–water partition coefficient (Wildman–Crippen LogP) is 3.87. The molecule has 4 rings (SSSR count). The van der Waals surface area contributed by atoms with Crippen LogP contribution in [0.4, 0.5) is 4.79 Å². The largest absolute Gasteiger partial charge is 0.481 e. The number of piperidine rings is 1. The van der Waals surface area contributed by atoms with Crippen LogP contribution in [0.1, 0.15) is 43.7 Å². The molecule has 2 aromatic carbocycles. The monoisotopic (exact) mass is 450 g/mol. The number of carbonyl (C=O) groups excluding carboxylic acids is 2. The third kappa shape index (κ3) is 4.72. The van der Waals surface area contributed by atoms with E-state index in [0.717, 1.165) is 22.3 Å². The Morgan fingerprint density at radius 2 is 1.67 bits per heavy atom. The molecule has 33 heavy (non-hydrogen) atoms. The molecule has 1 saturated heterocycles. The first-order valence-electron chi connectivity index (χ1n) is 11.5. The van der Waals surface area contributed by atoms with E-state index >= 15 is 0 Å². The number of nitrogens with zero attached hydrogens (tertiary/aromatic N) is 1. The van der Waals surface area contributed by atoms with Gasteiger partial charge in [0, 0.05) is 25.0 Å². The maximum absolute atomic E-state index is 12.9. The molecule has 0 aromatic heterocycles. The average Bonchev–Trinajstić information content (AvgIpc) is 3.15. The molecule has 3 atom stereocenters. The maximum atomic E-state index is 12.9. The first kappa shape index (κ1) is 22.8. The first-order valence-corrected chi connectivity index (χ1v) is 11.5. The number of likely N-dealkylation sites (tertiary alicyclic amines) is 1. The molecule has 1 aliphatic heterocycles. The molecule has 0 radical (unpaired) electrons. The molecule has 1 aliphatic carbocycles. The van der Waals surface area contributed by atoms with Crippen molar-refractivity contribution in [2.75, 3.05) is 19.7 Å². The number of carboxylic acids is 1. The summed E-state index contributed by atoms with van der Waals surface area (Å²) >= 11 is 0. The lowest BCUT2D eigenvalue weighted by atomic mass is 9.95. The number of rotatable bonds is 6. The molecule has 2 aromatic rings. The highest BCUT2D eigenvalue weighted by molar-refractivity contribution is 5.81. The normalized spacial score (nSPS) is 19.2. The number of amides is 2. The van der Waals surface area contributed by atoms with Crippen LogP contribution in [0.15, 0.2) is 48.5 Å². The zero-order chi connectivity index (χ0) is 23.5. The molecule has 2 N–H and O–H groups in total. The third-order valence-corrected chi connectivity index (χ3v) is 6.91. The van der Waals surface area contributed by atoms with Crippen molar-refractivity contribution in [1.82, 2.24) is 10.2 Å². The first-order chi connectivity index (χ1) is 15.9. The predicted molar refractivity (Wildman–Crippen MR) is 124 cm³/mol. The van der Waals surface area contributed by atoms with E-state index in [1.807, 2.05) is 24.3 Å². The summed E-state index contributed by atoms with van der Waals surface area (Å²) in [4.78, 5) is 38.3. The summed E-state index contributed by atoms with van der Waals surface area (Å²) in [7, 11) is 0. The Morgan fingerprint density at radius 3 is 2.27 bits per heavy atom. The summed E-state index contributed by atoms with van der Waals surface area (Å²) in [6, 6.07) is 15.8. The number of carboxylic acid groups (broad SMARTS) is 1. The number of nitrogens with one attached hydrogen (secondary N) is 1. The Morgan fingerprint density at radius 1 is 1.06 bits per heavy atom. The van der Waals surface area contributed by atoms with E-state index in [4.69, 9.17) is 4.74 Å². The van der Waals surface area contributed by atoms with Gasteiger partial charge in [-0.15, -0.1) is 0 Å². The van der Waals surface area contributed by atoms with Crippen LogP contribution >= 0.6 is 0 Å². The van der Waals surface area contributed by atoms with Gasteiger partial charge >= 0.3 is 12.1 Å². The van der Waals surface area contributed by atoms with Gasteiger partial charge in [-0.25, -0.2) is 4.79 Å². The quantitative estimate of drug-likeness (QED) is 0.697. The zero-order valence-electron chi connectivity index (χ0n) is 19.0. The second kappa shape index (κ2) is 9.65. The minimum Gasteiger partial charge on any atom is -0.481 e. The molecule has 3 unspecified atom stereocenters. The fourth-order valence-corrected chi connectivity index (χ4v) is 4.83. The molecule has 7 nitrogen and oxygen atoms in total. The van der Waals surface area contributed by atoms with E-state index in [1.165, 1.54) is 0 Å². The molecule has 2 amide bonds. The van der Waals surface area contributed by atoms with E-state index in [1.54, 1.807) is 18.7 Å². The van der Waals surface area contributed by atoms with Crippen molar-refractivity contribution in [2.24, 2.45) is 11.8 Å². The van der Waals surface area contributed by atoms with Gasteiger partial charge in [-0.2, -0.15) is 0 Å². The van der Waals surface area contributed by atoms with Gasteiger partial charge < -0.3 is 20.1 Å². The van der Waals surface area contributed by atoms with E-state index < -0.39 is 29.9 Å². The molecule has 1 heterocycles. The van der Waals surface area contributed by atoms with Gasteiger partial charge in [0.1, 0.15) is 6.61 Å². The van der Waals surface area contributed by atoms with Crippen LogP contribution in [0, 0.1) is 11.8 Å². The topological polar surface area (TPSA) is 95.9 Å². The fourth-order valence-electron chi connectivity index (χ4n) is 4.83. The molecule has 1 fully saturated rings. The molecule has 0 bridgehead atoms. The Balaban J connectivity index is 1.33. The number of benzene rings is 2. The second-order valence-electron chi connectivity index (χ2n) is 9.01. The Hall–Kier alpha value is -3.35. The summed E-state index contributed by atoms with van der Waals surface area (Å²) in [5.74, 6) is -2.06. The van der Waals surface area contributed by atoms with E-state index in [-0.39, 0.29) is 25.0 Å². The summed E-state index contributed by atoms with van der Waals surface area (Å²) in [5.41, 5.74) is 4.61. The summed E-state index contributed by atoms with van der Waals surface area (Å²) < 4.78 is 5.58. The molecule has 0 saturated carbocycles. The SMILES string of the molecule is CC(NC(=O)OCC1c2ccccc2-c2ccccc21)C(C)C(=O)N1CCCC(C(=O)O)C1. The summed E-state index contributed by atoms with van der Waals surface area (Å²) in [5, 5.41) is 12.0. The number of carbonyl (C=O) groups is 3. The van der Waals surface area contributed by atoms with Crippen molar-refractivity contribution in [3.8, 4) is 11.1 Å². The Kier molecular flexibility index (Phi) is 6.67. The van der Waals surface area contributed by atoms with Gasteiger partial charge in [0.05, 0.1) is 11.8 Å². The Labute approximate surface area is 193 Å². The number of aliphatic carboxylic acids is 1. The van der Waals surface area contributed by atoms with Gasteiger partial charge in [-0.05, 0) is 42.0 Å². The standard InChI is InChI=1S/C26H30N2O5/c1-16(24(29)28-13-7-8-18(14-28)25(30)31)17(2)27-26(32)33-15-23-21-11-5-3-9-19(21)20-10-4-6-12-22(20)23/h3-6,9-12,16-18,23H,7-8,13-15H2,1-2H3,(H,27,32)(H,30,31). The number of fused-ring (bicyclic) bond motifs is 3. The average molecular weight is 451 g/mol. The number of hydrogen-bond donors (Lipinski definition) is 2. The van der Waals surface area contributed by atoms with Crippen molar-refractivity contribution in [1.29, 1.82) is 0 Å². The second-order valence-corrected chi connectivity index (χ2v) is 9.01. The van der Waals surface area contributed by atoms with Gasteiger partial charge in [0.2, 0.25) is 5.91 Å². The van der Waals surface area contributed by atoms with Crippen LogP contribution in [0.2, 0.25) is 0 Å². The van der Waals surface area contributed by atoms with E-state index in [2.05, 4.69) is 29.6 Å². The van der Waals surface area contributed by atoms with Crippen molar-refractivity contribution < 1.29 is 24.2 Å². The van der Waals surface area contributed by atoms with Gasteiger partial charge in [-0.1, -0.05) is 55.5 Å². The summed E-state index contributed by atoms with van der Waals surface area (Å²) in [6.07, 6.45) is 0.691. The van der Waals surface area contributed by atoms with Crippen LogP contribution < -0.4 is 5.32 Å². The van der Waals surface area contributed by atoms with Crippen LogP contribution in [0.25, 0.3) is 11.1 Å². The van der Waals surface area contributed by atoms with E-state index in [9.17, 15) is 19.5 Å². The molecular formula is C26H30N2O5. The minimum absolute atomic E-state index is 0.0289. The van der Waals surface area contributed by atoms with Crippen molar-refractivity contribution in [3.05, 3.63) is 59.7 Å². The lowest BCUT2D eigenvalue weighted by Gasteiger charge is -2.34. The minimum atomic E-state index is -0.870. The maximum Gasteiger partial charge on any atom is 0.407 e. The molecular weight excluding hydrogens is 420 g/mol. The smallest absolute Gasteiger partial charge is 0.407 e. The van der Waals surface area contributed by atoms with Crippen LogP contribution in [0.5, 0.6) is 0 Å². The number of ether oxygens (including phenoxy) is 1. The molecule has 0 spiro atoms. The molecule has 174 valence electrons. The van der Waals surface area contributed by atoms with Crippen molar-refractivity contribution in [2.45, 2.75) is 38.6 Å². The van der Waals surface area contributed by atoms with Crippen molar-refractivity contribution >= 4 is 18.0 Å². The number of hydrogen-bond acceptors (Lipinski definition) is 4. The number of alkyl carbamates (subject to hydrolysis) is 1. The van der Waals surface area contributed by atoms with Gasteiger partial charge in [0.25, 0.3) is 0 Å².